The van der Waals surface area contributed by atoms with Crippen molar-refractivity contribution in [3.05, 3.63) is 34.9 Å². The number of benzene rings is 1. The summed E-state index contributed by atoms with van der Waals surface area (Å²) in [6.07, 6.45) is 1.43. The van der Waals surface area contributed by atoms with E-state index >= 15 is 0 Å². The molecule has 2 rings (SSSR count). The van der Waals surface area contributed by atoms with Crippen molar-refractivity contribution in [1.82, 2.24) is 5.32 Å². The molecule has 0 aliphatic carbocycles. The first-order valence-corrected chi connectivity index (χ1v) is 5.74. The second-order valence-electron chi connectivity index (χ2n) is 4.04. The number of likely N-dealkylation sites (N-methyl/N-ethyl adjacent to an activating group) is 1. The van der Waals surface area contributed by atoms with E-state index in [2.05, 4.69) is 17.4 Å². The lowest BCUT2D eigenvalue weighted by Gasteiger charge is -2.17. The highest BCUT2D eigenvalue weighted by Gasteiger charge is 2.10. The van der Waals surface area contributed by atoms with Crippen LogP contribution in [0.1, 0.15) is 23.6 Å². The number of ether oxygens (including phenoxy) is 1. The zero-order valence-corrected chi connectivity index (χ0v) is 9.58. The molecule has 1 heterocycles. The van der Waals surface area contributed by atoms with E-state index in [4.69, 9.17) is 4.74 Å². The van der Waals surface area contributed by atoms with Gasteiger partial charge in [-0.2, -0.15) is 0 Å². The fourth-order valence-corrected chi connectivity index (χ4v) is 1.97. The van der Waals surface area contributed by atoms with E-state index in [1.165, 1.54) is 11.1 Å². The maximum Gasteiger partial charge on any atom is 0.224 e. The van der Waals surface area contributed by atoms with Crippen molar-refractivity contribution in [2.24, 2.45) is 0 Å². The van der Waals surface area contributed by atoms with Gasteiger partial charge in [-0.05, 0) is 30.0 Å². The molecule has 0 spiro atoms. The fourth-order valence-electron chi connectivity index (χ4n) is 1.97. The van der Waals surface area contributed by atoms with Crippen LogP contribution in [0.15, 0.2) is 18.2 Å². The van der Waals surface area contributed by atoms with Gasteiger partial charge in [0.1, 0.15) is 0 Å². The van der Waals surface area contributed by atoms with E-state index in [1.807, 2.05) is 13.0 Å². The summed E-state index contributed by atoms with van der Waals surface area (Å²) in [5.41, 5.74) is 3.67. The molecule has 1 aromatic carbocycles. The second-order valence-corrected chi connectivity index (χ2v) is 4.04. The Morgan fingerprint density at radius 1 is 1.44 bits per heavy atom. The average Bonchev–Trinajstić information content (AvgIpc) is 2.29. The highest BCUT2D eigenvalue weighted by atomic mass is 16.5. The Kier molecular flexibility index (Phi) is 3.57. The predicted molar refractivity (Wildman–Crippen MR) is 62.2 cm³/mol. The molecule has 1 N–H and O–H groups in total. The summed E-state index contributed by atoms with van der Waals surface area (Å²) in [7, 11) is 0. The summed E-state index contributed by atoms with van der Waals surface area (Å²) in [6, 6.07) is 6.22. The smallest absolute Gasteiger partial charge is 0.224 e. The second kappa shape index (κ2) is 5.12. The van der Waals surface area contributed by atoms with E-state index in [0.717, 1.165) is 18.6 Å². The van der Waals surface area contributed by atoms with Crippen LogP contribution >= 0.6 is 0 Å². The van der Waals surface area contributed by atoms with Gasteiger partial charge < -0.3 is 10.1 Å². The summed E-state index contributed by atoms with van der Waals surface area (Å²) in [6.45, 7) is 4.12. The van der Waals surface area contributed by atoms with Crippen LogP contribution in [-0.2, 0) is 29.0 Å². The summed E-state index contributed by atoms with van der Waals surface area (Å²) < 4.78 is 5.38. The van der Waals surface area contributed by atoms with Crippen LogP contribution in [0.3, 0.4) is 0 Å². The summed E-state index contributed by atoms with van der Waals surface area (Å²) in [5.74, 6) is 0.0921. The molecule has 0 fully saturated rings. The number of nitrogens with one attached hydrogen (secondary N) is 1. The van der Waals surface area contributed by atoms with Gasteiger partial charge in [-0.3, -0.25) is 4.79 Å². The maximum atomic E-state index is 11.4. The quantitative estimate of drug-likeness (QED) is 0.835. The van der Waals surface area contributed by atoms with Crippen LogP contribution in [0.5, 0.6) is 0 Å². The number of hydrogen-bond donors (Lipinski definition) is 1. The minimum absolute atomic E-state index is 0.0921. The van der Waals surface area contributed by atoms with Crippen LogP contribution in [0.2, 0.25) is 0 Å². The minimum atomic E-state index is 0.0921. The van der Waals surface area contributed by atoms with Gasteiger partial charge in [0, 0.05) is 6.54 Å². The first-order chi connectivity index (χ1) is 7.79. The third-order valence-electron chi connectivity index (χ3n) is 2.78. The number of carbonyl (C=O) groups excluding carboxylic acids is 1. The van der Waals surface area contributed by atoms with E-state index in [9.17, 15) is 4.79 Å². The van der Waals surface area contributed by atoms with E-state index < -0.39 is 0 Å². The van der Waals surface area contributed by atoms with Gasteiger partial charge >= 0.3 is 0 Å². The lowest BCUT2D eigenvalue weighted by atomic mass is 9.99. The van der Waals surface area contributed by atoms with Gasteiger partial charge in [-0.1, -0.05) is 18.2 Å². The molecule has 1 amide bonds. The van der Waals surface area contributed by atoms with Gasteiger partial charge in [-0.25, -0.2) is 0 Å². The molecule has 1 aliphatic heterocycles. The highest BCUT2D eigenvalue weighted by Crippen LogP contribution is 2.18. The number of carbonyl (C=O) groups is 1. The lowest BCUT2D eigenvalue weighted by molar-refractivity contribution is -0.120. The first kappa shape index (κ1) is 11.1. The number of fused-ring (bicyclic) bond motifs is 1. The Morgan fingerprint density at radius 2 is 2.31 bits per heavy atom. The fraction of sp³-hybridized carbons (Fsp3) is 0.462. The SMILES string of the molecule is CCNC(=O)Cc1ccc2c(c1)CCOC2. The Bertz CT molecular complexity index is 388. The summed E-state index contributed by atoms with van der Waals surface area (Å²) in [5, 5.41) is 2.81. The van der Waals surface area contributed by atoms with E-state index in [1.54, 1.807) is 0 Å². The maximum absolute atomic E-state index is 11.4. The highest BCUT2D eigenvalue weighted by molar-refractivity contribution is 5.78. The molecule has 0 saturated carbocycles. The van der Waals surface area contributed by atoms with Gasteiger partial charge in [0.05, 0.1) is 19.6 Å². The van der Waals surface area contributed by atoms with Crippen molar-refractivity contribution in [2.45, 2.75) is 26.4 Å². The molecule has 0 unspecified atom stereocenters. The van der Waals surface area contributed by atoms with Crippen LogP contribution in [0.4, 0.5) is 0 Å². The molecule has 1 aromatic rings. The molecule has 16 heavy (non-hydrogen) atoms. The average molecular weight is 219 g/mol. The van der Waals surface area contributed by atoms with Crippen LogP contribution in [0, 0.1) is 0 Å². The normalized spacial score (nSPS) is 14.3. The Labute approximate surface area is 95.8 Å². The molecular formula is C13H17NO2. The van der Waals surface area contributed by atoms with Gasteiger partial charge in [-0.15, -0.1) is 0 Å². The van der Waals surface area contributed by atoms with E-state index in [-0.39, 0.29) is 5.91 Å². The van der Waals surface area contributed by atoms with Crippen molar-refractivity contribution in [2.75, 3.05) is 13.2 Å². The van der Waals surface area contributed by atoms with Crippen molar-refractivity contribution >= 4 is 5.91 Å². The minimum Gasteiger partial charge on any atom is -0.376 e. The Morgan fingerprint density at radius 3 is 3.12 bits per heavy atom. The number of amides is 1. The Hall–Kier alpha value is -1.35. The summed E-state index contributed by atoms with van der Waals surface area (Å²) >= 11 is 0. The topological polar surface area (TPSA) is 38.3 Å². The zero-order chi connectivity index (χ0) is 11.4. The third kappa shape index (κ3) is 2.61. The monoisotopic (exact) mass is 219 g/mol. The molecule has 1 aliphatic rings. The van der Waals surface area contributed by atoms with Gasteiger partial charge in [0.25, 0.3) is 0 Å². The first-order valence-electron chi connectivity index (χ1n) is 5.74. The molecule has 3 nitrogen and oxygen atoms in total. The van der Waals surface area contributed by atoms with Crippen LogP contribution in [0.25, 0.3) is 0 Å². The van der Waals surface area contributed by atoms with Crippen molar-refractivity contribution in [1.29, 1.82) is 0 Å². The van der Waals surface area contributed by atoms with Crippen LogP contribution < -0.4 is 5.32 Å². The number of hydrogen-bond acceptors (Lipinski definition) is 2. The molecule has 0 bridgehead atoms. The standard InChI is InChI=1S/C13H17NO2/c1-2-14-13(15)8-10-3-4-12-9-16-6-5-11(12)7-10/h3-4,7H,2,5-6,8-9H2,1H3,(H,14,15). The molecular weight excluding hydrogens is 202 g/mol. The molecule has 3 heteroatoms. The molecule has 0 radical (unpaired) electrons. The predicted octanol–water partition coefficient (Wildman–Crippen LogP) is 1.44. The van der Waals surface area contributed by atoms with Crippen molar-refractivity contribution in [3.63, 3.8) is 0 Å². The largest absolute Gasteiger partial charge is 0.376 e. The van der Waals surface area contributed by atoms with Crippen molar-refractivity contribution < 1.29 is 9.53 Å². The lowest BCUT2D eigenvalue weighted by Crippen LogP contribution is -2.24. The molecule has 0 saturated heterocycles. The summed E-state index contributed by atoms with van der Waals surface area (Å²) in [4.78, 5) is 11.4. The van der Waals surface area contributed by atoms with Crippen molar-refractivity contribution in [3.8, 4) is 0 Å². The zero-order valence-electron chi connectivity index (χ0n) is 9.58. The molecule has 86 valence electrons. The molecule has 0 aromatic heterocycles. The van der Waals surface area contributed by atoms with E-state index in [0.29, 0.717) is 19.6 Å². The van der Waals surface area contributed by atoms with Gasteiger partial charge in [0.15, 0.2) is 0 Å². The van der Waals surface area contributed by atoms with Crippen LogP contribution in [-0.4, -0.2) is 19.1 Å². The Balaban J connectivity index is 2.08. The molecule has 0 atom stereocenters. The number of rotatable bonds is 3. The third-order valence-corrected chi connectivity index (χ3v) is 2.78. The van der Waals surface area contributed by atoms with Gasteiger partial charge in [0.2, 0.25) is 5.91 Å².